The van der Waals surface area contributed by atoms with Crippen LogP contribution in [0.3, 0.4) is 0 Å². The molecule has 4 heteroatoms. The van der Waals surface area contributed by atoms with E-state index >= 15 is 0 Å². The van der Waals surface area contributed by atoms with E-state index in [1.54, 1.807) is 6.07 Å². The van der Waals surface area contributed by atoms with Crippen molar-refractivity contribution in [3.63, 3.8) is 0 Å². The molecular formula is C12H14O4. The summed E-state index contributed by atoms with van der Waals surface area (Å²) in [6.45, 7) is 0.620. The second-order valence-electron chi connectivity index (χ2n) is 4.38. The number of hydrogen-bond acceptors (Lipinski definition) is 4. The molecule has 1 aromatic carbocycles. The van der Waals surface area contributed by atoms with Gasteiger partial charge >= 0.3 is 0 Å². The average Bonchev–Trinajstić information content (AvgIpc) is 2.70. The van der Waals surface area contributed by atoms with E-state index in [9.17, 15) is 5.11 Å². The Morgan fingerprint density at radius 2 is 2.06 bits per heavy atom. The number of ether oxygens (including phenoxy) is 3. The van der Waals surface area contributed by atoms with E-state index in [2.05, 4.69) is 0 Å². The average molecular weight is 222 g/mol. The molecule has 1 aromatic rings. The Kier molecular flexibility index (Phi) is 2.17. The molecule has 1 fully saturated rings. The Morgan fingerprint density at radius 1 is 1.25 bits per heavy atom. The zero-order valence-corrected chi connectivity index (χ0v) is 8.94. The van der Waals surface area contributed by atoms with Crippen molar-refractivity contribution >= 4 is 0 Å². The lowest BCUT2D eigenvalue weighted by Crippen LogP contribution is -2.42. The van der Waals surface area contributed by atoms with E-state index in [0.717, 1.165) is 25.0 Å². The van der Waals surface area contributed by atoms with E-state index < -0.39 is 5.60 Å². The first-order chi connectivity index (χ1) is 7.75. The first-order valence-electron chi connectivity index (χ1n) is 5.50. The summed E-state index contributed by atoms with van der Waals surface area (Å²) in [6.07, 6.45) is 2.75. The van der Waals surface area contributed by atoms with Crippen LogP contribution in [-0.2, 0) is 0 Å². The van der Waals surface area contributed by atoms with E-state index in [-0.39, 0.29) is 6.79 Å². The first kappa shape index (κ1) is 9.78. The lowest BCUT2D eigenvalue weighted by Gasteiger charge is -2.35. The Hall–Kier alpha value is -1.42. The zero-order chi connectivity index (χ0) is 11.0. The monoisotopic (exact) mass is 222 g/mol. The van der Waals surface area contributed by atoms with Gasteiger partial charge in [-0.15, -0.1) is 0 Å². The van der Waals surface area contributed by atoms with Crippen LogP contribution in [0.2, 0.25) is 0 Å². The molecular weight excluding hydrogens is 208 g/mol. The molecule has 1 N–H and O–H groups in total. The van der Waals surface area contributed by atoms with Crippen molar-refractivity contribution in [3.05, 3.63) is 18.2 Å². The van der Waals surface area contributed by atoms with E-state index in [1.165, 1.54) is 0 Å². The fourth-order valence-corrected chi connectivity index (χ4v) is 1.91. The number of aliphatic hydroxyl groups is 1. The van der Waals surface area contributed by atoms with Gasteiger partial charge in [-0.1, -0.05) is 0 Å². The van der Waals surface area contributed by atoms with Crippen LogP contribution in [0.5, 0.6) is 17.2 Å². The van der Waals surface area contributed by atoms with Crippen LogP contribution in [0.15, 0.2) is 18.2 Å². The van der Waals surface area contributed by atoms with Crippen molar-refractivity contribution in [3.8, 4) is 17.2 Å². The van der Waals surface area contributed by atoms with Gasteiger partial charge < -0.3 is 19.3 Å². The van der Waals surface area contributed by atoms with Gasteiger partial charge in [0.15, 0.2) is 11.5 Å². The molecule has 4 nitrogen and oxygen atoms in total. The van der Waals surface area contributed by atoms with Crippen molar-refractivity contribution in [1.82, 2.24) is 0 Å². The molecule has 86 valence electrons. The van der Waals surface area contributed by atoms with E-state index in [4.69, 9.17) is 14.2 Å². The smallest absolute Gasteiger partial charge is 0.231 e. The summed E-state index contributed by atoms with van der Waals surface area (Å²) in [7, 11) is 0. The van der Waals surface area contributed by atoms with Gasteiger partial charge in [-0.25, -0.2) is 0 Å². The molecule has 1 aliphatic carbocycles. The summed E-state index contributed by atoms with van der Waals surface area (Å²) in [4.78, 5) is 0. The van der Waals surface area contributed by atoms with Crippen LogP contribution < -0.4 is 14.2 Å². The molecule has 0 bridgehead atoms. The standard InChI is InChI=1S/C12H14O4/c13-12(4-1-5-12)7-14-9-2-3-10-11(6-9)16-8-15-10/h2-3,6,13H,1,4-5,7-8H2. The van der Waals surface area contributed by atoms with Crippen LogP contribution in [0.1, 0.15) is 19.3 Å². The summed E-state index contributed by atoms with van der Waals surface area (Å²) in [5, 5.41) is 9.88. The van der Waals surface area contributed by atoms with Crippen molar-refractivity contribution in [2.75, 3.05) is 13.4 Å². The van der Waals surface area contributed by atoms with Crippen LogP contribution >= 0.6 is 0 Å². The molecule has 1 heterocycles. The van der Waals surface area contributed by atoms with E-state index in [0.29, 0.717) is 18.1 Å². The minimum Gasteiger partial charge on any atom is -0.490 e. The van der Waals surface area contributed by atoms with Gasteiger partial charge in [0.1, 0.15) is 12.4 Å². The Bertz CT molecular complexity index is 398. The molecule has 0 radical (unpaired) electrons. The highest BCUT2D eigenvalue weighted by atomic mass is 16.7. The van der Waals surface area contributed by atoms with Crippen LogP contribution in [0.25, 0.3) is 0 Å². The number of hydrogen-bond donors (Lipinski definition) is 1. The Balaban J connectivity index is 1.66. The Labute approximate surface area is 93.7 Å². The summed E-state index contributed by atoms with van der Waals surface area (Å²) in [5.74, 6) is 2.16. The lowest BCUT2D eigenvalue weighted by molar-refractivity contribution is -0.0663. The molecule has 0 unspecified atom stereocenters. The maximum atomic E-state index is 9.88. The van der Waals surface area contributed by atoms with E-state index in [1.807, 2.05) is 12.1 Å². The second kappa shape index (κ2) is 3.56. The maximum Gasteiger partial charge on any atom is 0.231 e. The minimum atomic E-state index is -0.615. The van der Waals surface area contributed by atoms with Crippen LogP contribution in [0.4, 0.5) is 0 Å². The maximum absolute atomic E-state index is 9.88. The molecule has 0 amide bonds. The molecule has 1 saturated carbocycles. The fraction of sp³-hybridized carbons (Fsp3) is 0.500. The third-order valence-corrected chi connectivity index (χ3v) is 3.14. The SMILES string of the molecule is OC1(COc2ccc3c(c2)OCO3)CCC1. The molecule has 16 heavy (non-hydrogen) atoms. The topological polar surface area (TPSA) is 47.9 Å². The zero-order valence-electron chi connectivity index (χ0n) is 8.94. The quantitative estimate of drug-likeness (QED) is 0.845. The largest absolute Gasteiger partial charge is 0.490 e. The molecule has 1 aliphatic heterocycles. The fourth-order valence-electron chi connectivity index (χ4n) is 1.91. The van der Waals surface area contributed by atoms with Gasteiger partial charge in [-0.2, -0.15) is 0 Å². The summed E-state index contributed by atoms with van der Waals surface area (Å²) in [5.41, 5.74) is -0.615. The van der Waals surface area contributed by atoms with Gasteiger partial charge in [-0.05, 0) is 31.4 Å². The number of benzene rings is 1. The van der Waals surface area contributed by atoms with Crippen molar-refractivity contribution in [2.45, 2.75) is 24.9 Å². The predicted octanol–water partition coefficient (Wildman–Crippen LogP) is 1.71. The lowest BCUT2D eigenvalue weighted by atomic mass is 9.81. The van der Waals surface area contributed by atoms with Crippen molar-refractivity contribution in [2.24, 2.45) is 0 Å². The molecule has 2 aliphatic rings. The predicted molar refractivity (Wildman–Crippen MR) is 56.9 cm³/mol. The summed E-state index contributed by atoms with van der Waals surface area (Å²) in [6, 6.07) is 5.45. The highest BCUT2D eigenvalue weighted by Gasteiger charge is 2.35. The van der Waals surface area contributed by atoms with Gasteiger partial charge in [0, 0.05) is 6.07 Å². The minimum absolute atomic E-state index is 0.267. The first-order valence-corrected chi connectivity index (χ1v) is 5.50. The van der Waals surface area contributed by atoms with Crippen molar-refractivity contribution < 1.29 is 19.3 Å². The van der Waals surface area contributed by atoms with Gasteiger partial charge in [-0.3, -0.25) is 0 Å². The van der Waals surface area contributed by atoms with Gasteiger partial charge in [0.25, 0.3) is 0 Å². The normalized spacial score (nSPS) is 20.3. The molecule has 0 aromatic heterocycles. The molecule has 0 saturated heterocycles. The summed E-state index contributed by atoms with van der Waals surface area (Å²) >= 11 is 0. The number of fused-ring (bicyclic) bond motifs is 1. The third kappa shape index (κ3) is 1.69. The van der Waals surface area contributed by atoms with Crippen LogP contribution in [0, 0.1) is 0 Å². The highest BCUT2D eigenvalue weighted by Crippen LogP contribution is 2.36. The molecule has 0 atom stereocenters. The molecule has 3 rings (SSSR count). The summed E-state index contributed by atoms with van der Waals surface area (Å²) < 4.78 is 16.0. The van der Waals surface area contributed by atoms with Gasteiger partial charge in [0.2, 0.25) is 6.79 Å². The molecule has 0 spiro atoms. The third-order valence-electron chi connectivity index (χ3n) is 3.14. The Morgan fingerprint density at radius 3 is 2.81 bits per heavy atom. The highest BCUT2D eigenvalue weighted by molar-refractivity contribution is 5.46. The van der Waals surface area contributed by atoms with Gasteiger partial charge in [0.05, 0.1) is 5.60 Å². The van der Waals surface area contributed by atoms with Crippen molar-refractivity contribution in [1.29, 1.82) is 0 Å². The number of rotatable bonds is 3. The van der Waals surface area contributed by atoms with Crippen LogP contribution in [-0.4, -0.2) is 24.1 Å². The second-order valence-corrected chi connectivity index (χ2v) is 4.38.